The van der Waals surface area contributed by atoms with E-state index in [1.807, 2.05) is 6.07 Å². The molecule has 0 saturated heterocycles. The number of nitrogens with zero attached hydrogens (tertiary/aromatic N) is 3. The molecule has 15 heavy (non-hydrogen) atoms. The molecule has 0 fully saturated rings. The number of benzene rings is 1. The molecule has 0 aliphatic rings. The minimum absolute atomic E-state index is 0.438. The molecule has 1 heterocycles. The van der Waals surface area contributed by atoms with Gasteiger partial charge in [-0.15, -0.1) is 0 Å². The van der Waals surface area contributed by atoms with Gasteiger partial charge in [-0.2, -0.15) is 0 Å². The summed E-state index contributed by atoms with van der Waals surface area (Å²) >= 11 is 0. The zero-order valence-electron chi connectivity index (χ0n) is 7.79. The van der Waals surface area contributed by atoms with Gasteiger partial charge in [0.2, 0.25) is 5.91 Å². The van der Waals surface area contributed by atoms with Crippen LogP contribution in [0.25, 0.3) is 11.4 Å². The van der Waals surface area contributed by atoms with E-state index in [0.717, 1.165) is 5.56 Å². The van der Waals surface area contributed by atoms with Gasteiger partial charge in [-0.3, -0.25) is 4.79 Å². The molecule has 0 aliphatic heterocycles. The topological polar surface area (TPSA) is 81.8 Å². The lowest BCUT2D eigenvalue weighted by molar-refractivity contribution is 0.100. The fourth-order valence-electron chi connectivity index (χ4n) is 1.20. The molecule has 2 aromatic rings. The lowest BCUT2D eigenvalue weighted by Gasteiger charge is -2.00. The first-order chi connectivity index (χ1) is 7.27. The Hall–Kier alpha value is -2.30. The average molecular weight is 200 g/mol. The maximum Gasteiger partial charge on any atom is 0.248 e. The van der Waals surface area contributed by atoms with Crippen LogP contribution in [-0.2, 0) is 0 Å². The molecule has 1 aromatic heterocycles. The highest BCUT2D eigenvalue weighted by Crippen LogP contribution is 2.14. The van der Waals surface area contributed by atoms with E-state index in [9.17, 15) is 4.79 Å². The molecule has 0 spiro atoms. The van der Waals surface area contributed by atoms with E-state index in [1.165, 1.54) is 12.7 Å². The van der Waals surface area contributed by atoms with Crippen molar-refractivity contribution in [2.24, 2.45) is 5.73 Å². The van der Waals surface area contributed by atoms with Crippen LogP contribution in [-0.4, -0.2) is 20.9 Å². The average Bonchev–Trinajstić information content (AvgIpc) is 2.30. The Kier molecular flexibility index (Phi) is 2.37. The van der Waals surface area contributed by atoms with Gasteiger partial charge in [-0.05, 0) is 12.1 Å². The summed E-state index contributed by atoms with van der Waals surface area (Å²) in [7, 11) is 0. The van der Waals surface area contributed by atoms with Crippen molar-refractivity contribution in [3.8, 4) is 11.4 Å². The smallest absolute Gasteiger partial charge is 0.248 e. The van der Waals surface area contributed by atoms with E-state index in [0.29, 0.717) is 11.4 Å². The predicted molar refractivity (Wildman–Crippen MR) is 53.8 cm³/mol. The summed E-state index contributed by atoms with van der Waals surface area (Å²) in [6, 6.07) is 6.84. The predicted octanol–water partition coefficient (Wildman–Crippen LogP) is 0.637. The number of aromatic nitrogens is 3. The molecule has 1 amide bonds. The quantitative estimate of drug-likeness (QED) is 0.771. The second kappa shape index (κ2) is 3.83. The van der Waals surface area contributed by atoms with Gasteiger partial charge in [0.25, 0.3) is 0 Å². The van der Waals surface area contributed by atoms with Crippen molar-refractivity contribution in [1.82, 2.24) is 15.0 Å². The summed E-state index contributed by atoms with van der Waals surface area (Å²) < 4.78 is 0. The fourth-order valence-corrected chi connectivity index (χ4v) is 1.20. The van der Waals surface area contributed by atoms with Crippen LogP contribution in [0.5, 0.6) is 0 Å². The van der Waals surface area contributed by atoms with E-state index >= 15 is 0 Å². The number of amides is 1. The van der Waals surface area contributed by atoms with Gasteiger partial charge >= 0.3 is 0 Å². The molecule has 74 valence electrons. The highest BCUT2D eigenvalue weighted by molar-refractivity contribution is 5.93. The number of rotatable bonds is 2. The molecule has 1 aromatic carbocycles. The summed E-state index contributed by atoms with van der Waals surface area (Å²) in [5.41, 5.74) is 6.35. The third-order valence-corrected chi connectivity index (χ3v) is 1.90. The Morgan fingerprint density at radius 2 is 1.93 bits per heavy atom. The Morgan fingerprint density at radius 1 is 1.20 bits per heavy atom. The summed E-state index contributed by atoms with van der Waals surface area (Å²) in [5, 5.41) is 0. The lowest BCUT2D eigenvalue weighted by Crippen LogP contribution is -2.10. The van der Waals surface area contributed by atoms with Crippen LogP contribution < -0.4 is 5.73 Å². The minimum atomic E-state index is -0.467. The van der Waals surface area contributed by atoms with E-state index in [4.69, 9.17) is 5.73 Å². The van der Waals surface area contributed by atoms with Gasteiger partial charge < -0.3 is 5.73 Å². The summed E-state index contributed by atoms with van der Waals surface area (Å²) in [6.07, 6.45) is 2.80. The molecule has 2 rings (SSSR count). The number of primary amides is 1. The summed E-state index contributed by atoms with van der Waals surface area (Å²) in [5.74, 6) is 0.0546. The van der Waals surface area contributed by atoms with E-state index in [2.05, 4.69) is 15.0 Å². The Bertz CT molecular complexity index is 484. The largest absolute Gasteiger partial charge is 0.366 e. The zero-order valence-corrected chi connectivity index (χ0v) is 7.79. The minimum Gasteiger partial charge on any atom is -0.366 e. The number of nitrogens with two attached hydrogens (primary N) is 1. The van der Waals surface area contributed by atoms with Gasteiger partial charge in [0, 0.05) is 11.1 Å². The third kappa shape index (κ3) is 1.96. The van der Waals surface area contributed by atoms with Crippen LogP contribution in [0.4, 0.5) is 0 Å². The van der Waals surface area contributed by atoms with Crippen molar-refractivity contribution >= 4 is 5.91 Å². The Labute approximate surface area is 86.0 Å². The Balaban J connectivity index is 2.46. The first-order valence-electron chi connectivity index (χ1n) is 4.29. The van der Waals surface area contributed by atoms with Crippen molar-refractivity contribution in [2.75, 3.05) is 0 Å². The summed E-state index contributed by atoms with van der Waals surface area (Å²) in [4.78, 5) is 22.6. The van der Waals surface area contributed by atoms with Gasteiger partial charge in [-0.1, -0.05) is 12.1 Å². The number of hydrogen-bond acceptors (Lipinski definition) is 4. The van der Waals surface area contributed by atoms with Crippen LogP contribution in [0, 0.1) is 0 Å². The molecular formula is C10H8N4O. The lowest BCUT2D eigenvalue weighted by atomic mass is 10.1. The maximum atomic E-state index is 11.0. The standard InChI is InChI=1S/C10H8N4O/c11-9(15)7-2-1-3-8(4-7)10-13-5-12-6-14-10/h1-6H,(H2,11,15). The second-order valence-electron chi connectivity index (χ2n) is 2.91. The van der Waals surface area contributed by atoms with E-state index in [-0.39, 0.29) is 0 Å². The van der Waals surface area contributed by atoms with E-state index < -0.39 is 5.91 Å². The van der Waals surface area contributed by atoms with Gasteiger partial charge in [0.05, 0.1) is 0 Å². The molecular weight excluding hydrogens is 192 g/mol. The van der Waals surface area contributed by atoms with Crippen LogP contribution in [0.2, 0.25) is 0 Å². The molecule has 0 radical (unpaired) electrons. The first-order valence-corrected chi connectivity index (χ1v) is 4.29. The number of carbonyl (C=O) groups excluding carboxylic acids is 1. The third-order valence-electron chi connectivity index (χ3n) is 1.90. The Morgan fingerprint density at radius 3 is 2.60 bits per heavy atom. The molecule has 0 aliphatic carbocycles. The van der Waals surface area contributed by atoms with Gasteiger partial charge in [-0.25, -0.2) is 15.0 Å². The van der Waals surface area contributed by atoms with Crippen LogP contribution in [0.3, 0.4) is 0 Å². The highest BCUT2D eigenvalue weighted by atomic mass is 16.1. The monoisotopic (exact) mass is 200 g/mol. The zero-order chi connectivity index (χ0) is 10.7. The van der Waals surface area contributed by atoms with Gasteiger partial charge in [0.15, 0.2) is 5.82 Å². The van der Waals surface area contributed by atoms with Crippen molar-refractivity contribution < 1.29 is 4.79 Å². The summed E-state index contributed by atoms with van der Waals surface area (Å²) in [6.45, 7) is 0. The normalized spacial score (nSPS) is 9.87. The molecule has 5 nitrogen and oxygen atoms in total. The molecule has 0 saturated carbocycles. The number of carbonyl (C=O) groups is 1. The maximum absolute atomic E-state index is 11.0. The van der Waals surface area contributed by atoms with Crippen molar-refractivity contribution in [1.29, 1.82) is 0 Å². The van der Waals surface area contributed by atoms with Crippen molar-refractivity contribution in [3.63, 3.8) is 0 Å². The van der Waals surface area contributed by atoms with Gasteiger partial charge in [0.1, 0.15) is 12.7 Å². The molecule has 0 unspecified atom stereocenters. The van der Waals surface area contributed by atoms with Crippen LogP contribution >= 0.6 is 0 Å². The molecule has 5 heteroatoms. The van der Waals surface area contributed by atoms with Crippen LogP contribution in [0.15, 0.2) is 36.9 Å². The highest BCUT2D eigenvalue weighted by Gasteiger charge is 2.04. The fraction of sp³-hybridized carbons (Fsp3) is 0. The molecule has 0 atom stereocenters. The molecule has 0 bridgehead atoms. The number of hydrogen-bond donors (Lipinski definition) is 1. The second-order valence-corrected chi connectivity index (χ2v) is 2.91. The first kappa shape index (κ1) is 9.26. The molecule has 2 N–H and O–H groups in total. The van der Waals surface area contributed by atoms with Crippen molar-refractivity contribution in [3.05, 3.63) is 42.5 Å². The van der Waals surface area contributed by atoms with Crippen LogP contribution in [0.1, 0.15) is 10.4 Å². The SMILES string of the molecule is NC(=O)c1cccc(-c2ncncn2)c1. The van der Waals surface area contributed by atoms with Crippen molar-refractivity contribution in [2.45, 2.75) is 0 Å². The van der Waals surface area contributed by atoms with E-state index in [1.54, 1.807) is 18.2 Å².